The Kier molecular flexibility index (Phi) is 12.9. The second kappa shape index (κ2) is 13.3. The first kappa shape index (κ1) is 27.1. The Bertz CT molecular complexity index is 703. The first-order valence-corrected chi connectivity index (χ1v) is 10.8. The normalized spacial score (nSPS) is 12.4. The summed E-state index contributed by atoms with van der Waals surface area (Å²) in [5.41, 5.74) is 0.145. The molecule has 3 N–H and O–H groups in total. The van der Waals surface area contributed by atoms with Crippen LogP contribution in [-0.4, -0.2) is 46.7 Å². The van der Waals surface area contributed by atoms with E-state index in [1.807, 2.05) is 33.8 Å². The molecular weight excluding hydrogens is 491 g/mol. The second-order valence-corrected chi connectivity index (χ2v) is 8.87. The van der Waals surface area contributed by atoms with Crippen LogP contribution in [0.4, 0.5) is 0 Å². The van der Waals surface area contributed by atoms with Gasteiger partial charge >= 0.3 is 0 Å². The summed E-state index contributed by atoms with van der Waals surface area (Å²) in [5.74, 6) is 0.641. The minimum absolute atomic E-state index is 0. The number of rotatable bonds is 10. The topological polar surface area (TPSA) is 91.8 Å². The molecule has 0 aliphatic carbocycles. The van der Waals surface area contributed by atoms with Crippen molar-refractivity contribution in [2.45, 2.75) is 57.5 Å². The fourth-order valence-electron chi connectivity index (χ4n) is 2.45. The van der Waals surface area contributed by atoms with Crippen LogP contribution in [0.25, 0.3) is 0 Å². The van der Waals surface area contributed by atoms with Crippen LogP contribution in [0.5, 0.6) is 0 Å². The van der Waals surface area contributed by atoms with Crippen molar-refractivity contribution >= 4 is 40.0 Å². The lowest BCUT2D eigenvalue weighted by Gasteiger charge is -2.22. The minimum Gasteiger partial charge on any atom is -0.382 e. The Hall–Kier alpha value is -0.910. The summed E-state index contributed by atoms with van der Waals surface area (Å²) in [6.07, 6.45) is 1.96. The van der Waals surface area contributed by atoms with Crippen LogP contribution in [0.3, 0.4) is 0 Å². The van der Waals surface area contributed by atoms with Gasteiger partial charge < -0.3 is 15.4 Å². The van der Waals surface area contributed by atoms with Gasteiger partial charge in [0.2, 0.25) is 10.0 Å². The Balaban J connectivity index is 0.00000729. The number of hydrogen-bond acceptors (Lipinski definition) is 4. The number of aliphatic imine (C=N–C) groups is 1. The average Bonchev–Trinajstić information content (AvgIpc) is 2.58. The van der Waals surface area contributed by atoms with Gasteiger partial charge in [-0.15, -0.1) is 24.0 Å². The molecule has 0 aliphatic heterocycles. The van der Waals surface area contributed by atoms with Crippen LogP contribution in [0.2, 0.25) is 0 Å². The van der Waals surface area contributed by atoms with Crippen molar-refractivity contribution in [2.75, 3.05) is 26.8 Å². The van der Waals surface area contributed by atoms with Crippen molar-refractivity contribution in [1.82, 2.24) is 15.4 Å². The van der Waals surface area contributed by atoms with Gasteiger partial charge in [-0.25, -0.2) is 13.1 Å². The fourth-order valence-corrected chi connectivity index (χ4v) is 4.11. The molecule has 0 fully saturated rings. The van der Waals surface area contributed by atoms with Crippen molar-refractivity contribution in [1.29, 1.82) is 0 Å². The van der Waals surface area contributed by atoms with Gasteiger partial charge in [-0.3, -0.25) is 4.99 Å². The number of guanidine groups is 1. The van der Waals surface area contributed by atoms with Gasteiger partial charge in [-0.2, -0.15) is 0 Å². The van der Waals surface area contributed by atoms with Gasteiger partial charge in [0.1, 0.15) is 0 Å². The molecule has 0 spiro atoms. The predicted molar refractivity (Wildman–Crippen MR) is 126 cm³/mol. The maximum absolute atomic E-state index is 12.7. The Morgan fingerprint density at radius 2 is 1.82 bits per heavy atom. The summed E-state index contributed by atoms with van der Waals surface area (Å²) in [4.78, 5) is 4.46. The van der Waals surface area contributed by atoms with E-state index in [9.17, 15) is 8.42 Å². The maximum Gasteiger partial charge on any atom is 0.241 e. The molecule has 0 aromatic heterocycles. The molecule has 9 heteroatoms. The molecule has 0 saturated heterocycles. The van der Waals surface area contributed by atoms with Crippen LogP contribution < -0.4 is 15.4 Å². The molecule has 0 atom stereocenters. The van der Waals surface area contributed by atoms with E-state index in [4.69, 9.17) is 4.74 Å². The van der Waals surface area contributed by atoms with Crippen molar-refractivity contribution in [3.63, 3.8) is 0 Å². The number of nitrogens with one attached hydrogen (secondary N) is 3. The van der Waals surface area contributed by atoms with Crippen molar-refractivity contribution < 1.29 is 13.2 Å². The molecule has 7 nitrogen and oxygen atoms in total. The smallest absolute Gasteiger partial charge is 0.241 e. The summed E-state index contributed by atoms with van der Waals surface area (Å²) in [6, 6.07) is 6.98. The van der Waals surface area contributed by atoms with E-state index in [1.54, 1.807) is 25.2 Å². The summed E-state index contributed by atoms with van der Waals surface area (Å²) >= 11 is 0. The van der Waals surface area contributed by atoms with E-state index < -0.39 is 15.6 Å². The summed E-state index contributed by atoms with van der Waals surface area (Å²) in [7, 11) is -1.90. The van der Waals surface area contributed by atoms with Crippen LogP contribution in [0.15, 0.2) is 34.2 Å². The highest BCUT2D eigenvalue weighted by Crippen LogP contribution is 2.17. The van der Waals surface area contributed by atoms with Crippen LogP contribution in [0.1, 0.15) is 46.1 Å². The number of nitrogens with zero attached hydrogens (tertiary/aromatic N) is 1. The van der Waals surface area contributed by atoms with E-state index in [1.165, 1.54) is 0 Å². The lowest BCUT2D eigenvalue weighted by molar-refractivity contribution is 0.143. The van der Waals surface area contributed by atoms with E-state index in [0.29, 0.717) is 18.1 Å². The van der Waals surface area contributed by atoms with Crippen molar-refractivity contribution in [2.24, 2.45) is 4.99 Å². The van der Waals surface area contributed by atoms with Gasteiger partial charge in [-0.05, 0) is 52.2 Å². The molecule has 28 heavy (non-hydrogen) atoms. The van der Waals surface area contributed by atoms with E-state index in [-0.39, 0.29) is 28.9 Å². The number of ether oxygens (including phenoxy) is 1. The van der Waals surface area contributed by atoms with Gasteiger partial charge in [0, 0.05) is 38.9 Å². The highest BCUT2D eigenvalue weighted by molar-refractivity contribution is 14.0. The van der Waals surface area contributed by atoms with E-state index >= 15 is 0 Å². The first-order valence-electron chi connectivity index (χ1n) is 9.33. The Morgan fingerprint density at radius 1 is 1.14 bits per heavy atom. The number of halogens is 1. The molecule has 1 rings (SSSR count). The molecule has 0 radical (unpaired) electrons. The highest BCUT2D eigenvalue weighted by Gasteiger charge is 2.24. The second-order valence-electron chi connectivity index (χ2n) is 7.22. The SMILES string of the molecule is CCOCCCCNC(=NC)NCc1ccccc1S(=O)(=O)NC(C)(C)C.I. The Morgan fingerprint density at radius 3 is 2.43 bits per heavy atom. The van der Waals surface area contributed by atoms with Crippen molar-refractivity contribution in [3.8, 4) is 0 Å². The molecule has 0 aliphatic rings. The van der Waals surface area contributed by atoms with E-state index in [2.05, 4.69) is 20.3 Å². The molecule has 0 saturated carbocycles. The van der Waals surface area contributed by atoms with Gasteiger partial charge in [0.25, 0.3) is 0 Å². The van der Waals surface area contributed by atoms with Crippen LogP contribution in [-0.2, 0) is 21.3 Å². The molecule has 0 amide bonds. The predicted octanol–water partition coefficient (Wildman–Crippen LogP) is 2.86. The summed E-state index contributed by atoms with van der Waals surface area (Å²) in [6.45, 7) is 10.1. The van der Waals surface area contributed by atoms with Gasteiger partial charge in [0.15, 0.2) is 5.96 Å². The zero-order valence-electron chi connectivity index (χ0n) is 17.5. The minimum atomic E-state index is -3.60. The standard InChI is InChI=1S/C19H34N4O3S.HI/c1-6-26-14-10-9-13-21-18(20-5)22-15-16-11-7-8-12-17(16)27(24,25)23-19(2,3)4;/h7-8,11-12,23H,6,9-10,13-15H2,1-5H3,(H2,20,21,22);1H. The maximum atomic E-state index is 12.7. The summed E-state index contributed by atoms with van der Waals surface area (Å²) < 4.78 is 33.4. The zero-order chi connectivity index (χ0) is 20.3. The number of hydrogen-bond donors (Lipinski definition) is 3. The Labute approximate surface area is 187 Å². The molecular formula is C19H35IN4O3S. The van der Waals surface area contributed by atoms with Crippen LogP contribution in [0, 0.1) is 0 Å². The van der Waals surface area contributed by atoms with Crippen LogP contribution >= 0.6 is 24.0 Å². The third-order valence-corrected chi connectivity index (χ3v) is 5.44. The molecule has 1 aromatic carbocycles. The van der Waals surface area contributed by atoms with Crippen molar-refractivity contribution in [3.05, 3.63) is 29.8 Å². The number of sulfonamides is 1. The van der Waals surface area contributed by atoms with Gasteiger partial charge in [0.05, 0.1) is 4.90 Å². The summed E-state index contributed by atoms with van der Waals surface area (Å²) in [5, 5.41) is 6.41. The largest absolute Gasteiger partial charge is 0.382 e. The first-order chi connectivity index (χ1) is 12.7. The average molecular weight is 526 g/mol. The lowest BCUT2D eigenvalue weighted by Crippen LogP contribution is -2.41. The quantitative estimate of drug-likeness (QED) is 0.189. The monoisotopic (exact) mass is 526 g/mol. The van der Waals surface area contributed by atoms with Gasteiger partial charge in [-0.1, -0.05) is 18.2 Å². The zero-order valence-corrected chi connectivity index (χ0v) is 20.7. The molecule has 0 heterocycles. The van der Waals surface area contributed by atoms with E-state index in [0.717, 1.165) is 32.6 Å². The lowest BCUT2D eigenvalue weighted by atomic mass is 10.1. The third-order valence-electron chi connectivity index (χ3n) is 3.58. The fraction of sp³-hybridized carbons (Fsp3) is 0.632. The molecule has 162 valence electrons. The molecule has 1 aromatic rings. The third kappa shape index (κ3) is 10.6. The molecule has 0 bridgehead atoms. The highest BCUT2D eigenvalue weighted by atomic mass is 127. The molecule has 0 unspecified atom stereocenters. The number of benzene rings is 1. The number of unbranched alkanes of at least 4 members (excludes halogenated alkanes) is 1.